The molecule has 1 saturated heterocycles. The SMILES string of the molecule is c1ccc2c(Oc3ccc4c(c3)SNC3CCCN43)cccc2c1. The van der Waals surface area contributed by atoms with Gasteiger partial charge in [0, 0.05) is 16.8 Å². The summed E-state index contributed by atoms with van der Waals surface area (Å²) in [5.74, 6) is 1.79. The quantitative estimate of drug-likeness (QED) is 0.654. The third-order valence-electron chi connectivity index (χ3n) is 4.78. The molecule has 2 aliphatic rings. The monoisotopic (exact) mass is 334 g/mol. The van der Waals surface area contributed by atoms with Gasteiger partial charge in [-0.15, -0.1) is 0 Å². The van der Waals surface area contributed by atoms with Crippen molar-refractivity contribution in [1.29, 1.82) is 0 Å². The molecule has 120 valence electrons. The normalized spacial score (nSPS) is 19.2. The fourth-order valence-corrected chi connectivity index (χ4v) is 4.57. The minimum absolute atomic E-state index is 0.479. The highest BCUT2D eigenvalue weighted by Crippen LogP contribution is 2.41. The van der Waals surface area contributed by atoms with Gasteiger partial charge in [0.05, 0.1) is 11.9 Å². The predicted octanol–water partition coefficient (Wildman–Crippen LogP) is 5.17. The third-order valence-corrected chi connectivity index (χ3v) is 5.71. The second-order valence-electron chi connectivity index (χ2n) is 6.28. The van der Waals surface area contributed by atoms with Crippen molar-refractivity contribution < 1.29 is 4.74 Å². The largest absolute Gasteiger partial charge is 0.457 e. The third kappa shape index (κ3) is 2.34. The number of benzene rings is 3. The van der Waals surface area contributed by atoms with Gasteiger partial charge < -0.3 is 9.64 Å². The molecular formula is C20H18N2OS. The first-order valence-corrected chi connectivity index (χ1v) is 9.19. The van der Waals surface area contributed by atoms with E-state index in [4.69, 9.17) is 4.74 Å². The van der Waals surface area contributed by atoms with Gasteiger partial charge in [-0.2, -0.15) is 0 Å². The van der Waals surface area contributed by atoms with Crippen LogP contribution >= 0.6 is 11.9 Å². The summed E-state index contributed by atoms with van der Waals surface area (Å²) in [5, 5.41) is 2.34. The van der Waals surface area contributed by atoms with Gasteiger partial charge >= 0.3 is 0 Å². The van der Waals surface area contributed by atoms with E-state index >= 15 is 0 Å². The Kier molecular flexibility index (Phi) is 3.39. The molecule has 0 aliphatic carbocycles. The Morgan fingerprint density at radius 3 is 2.96 bits per heavy atom. The summed E-state index contributed by atoms with van der Waals surface area (Å²) in [6.07, 6.45) is 2.96. The van der Waals surface area contributed by atoms with Gasteiger partial charge in [-0.25, -0.2) is 4.72 Å². The molecule has 1 atom stereocenters. The summed E-state index contributed by atoms with van der Waals surface area (Å²) >= 11 is 1.72. The van der Waals surface area contributed by atoms with Crippen molar-refractivity contribution in [3.63, 3.8) is 0 Å². The summed E-state index contributed by atoms with van der Waals surface area (Å²) in [4.78, 5) is 3.71. The lowest BCUT2D eigenvalue weighted by Crippen LogP contribution is -2.41. The number of hydrogen-bond donors (Lipinski definition) is 1. The number of nitrogens with one attached hydrogen (secondary N) is 1. The number of nitrogens with zero attached hydrogens (tertiary/aromatic N) is 1. The molecule has 24 heavy (non-hydrogen) atoms. The molecule has 1 unspecified atom stereocenters. The summed E-state index contributed by atoms with van der Waals surface area (Å²) in [6, 6.07) is 20.9. The fourth-order valence-electron chi connectivity index (χ4n) is 3.60. The Balaban J connectivity index is 1.50. The molecule has 4 heteroatoms. The van der Waals surface area contributed by atoms with Crippen LogP contribution in [0.4, 0.5) is 5.69 Å². The lowest BCUT2D eigenvalue weighted by molar-refractivity contribution is 0.486. The number of ether oxygens (including phenoxy) is 1. The zero-order valence-electron chi connectivity index (χ0n) is 13.2. The van der Waals surface area contributed by atoms with E-state index in [1.165, 1.54) is 28.8 Å². The molecule has 1 fully saturated rings. The molecule has 5 rings (SSSR count). The average Bonchev–Trinajstić information content (AvgIpc) is 3.11. The summed E-state index contributed by atoms with van der Waals surface area (Å²) < 4.78 is 9.75. The maximum atomic E-state index is 6.21. The van der Waals surface area contributed by atoms with E-state index in [0.29, 0.717) is 6.17 Å². The lowest BCUT2D eigenvalue weighted by Gasteiger charge is -2.33. The van der Waals surface area contributed by atoms with Crippen molar-refractivity contribution >= 4 is 28.4 Å². The van der Waals surface area contributed by atoms with Crippen molar-refractivity contribution in [1.82, 2.24) is 4.72 Å². The van der Waals surface area contributed by atoms with E-state index in [2.05, 4.69) is 58.2 Å². The molecule has 0 aromatic heterocycles. The van der Waals surface area contributed by atoms with E-state index in [9.17, 15) is 0 Å². The smallest absolute Gasteiger partial charge is 0.135 e. The standard InChI is InChI=1S/C20H18N2OS/c1-2-7-16-14(5-1)6-3-8-18(16)23-15-10-11-17-19(13-15)24-21-20-9-4-12-22(17)20/h1-3,5-8,10-11,13,20-21H,4,9,12H2. The van der Waals surface area contributed by atoms with Crippen LogP contribution in [0.2, 0.25) is 0 Å². The lowest BCUT2D eigenvalue weighted by atomic mass is 10.1. The van der Waals surface area contributed by atoms with Crippen molar-refractivity contribution in [2.24, 2.45) is 0 Å². The van der Waals surface area contributed by atoms with Gasteiger partial charge in [0.1, 0.15) is 11.5 Å². The zero-order valence-corrected chi connectivity index (χ0v) is 14.1. The highest BCUT2D eigenvalue weighted by Gasteiger charge is 2.30. The van der Waals surface area contributed by atoms with Crippen LogP contribution in [-0.2, 0) is 0 Å². The Labute approximate surface area is 145 Å². The van der Waals surface area contributed by atoms with Crippen molar-refractivity contribution in [3.8, 4) is 11.5 Å². The van der Waals surface area contributed by atoms with Crippen LogP contribution in [0.3, 0.4) is 0 Å². The van der Waals surface area contributed by atoms with E-state index in [1.807, 2.05) is 12.1 Å². The molecule has 0 radical (unpaired) electrons. The number of hydrogen-bond acceptors (Lipinski definition) is 4. The van der Waals surface area contributed by atoms with Crippen LogP contribution in [0.15, 0.2) is 65.6 Å². The maximum absolute atomic E-state index is 6.21. The Morgan fingerprint density at radius 1 is 1.04 bits per heavy atom. The van der Waals surface area contributed by atoms with Gasteiger partial charge in [0.25, 0.3) is 0 Å². The molecule has 2 aliphatic heterocycles. The molecule has 3 aromatic carbocycles. The van der Waals surface area contributed by atoms with Crippen molar-refractivity contribution in [3.05, 3.63) is 60.7 Å². The van der Waals surface area contributed by atoms with Crippen molar-refractivity contribution in [2.75, 3.05) is 11.4 Å². The molecule has 0 spiro atoms. The molecule has 2 heterocycles. The molecule has 0 saturated carbocycles. The van der Waals surface area contributed by atoms with Crippen LogP contribution in [0.25, 0.3) is 10.8 Å². The summed E-state index contributed by atoms with van der Waals surface area (Å²) in [5.41, 5.74) is 1.33. The molecule has 1 N–H and O–H groups in total. The van der Waals surface area contributed by atoms with Gasteiger partial charge in [-0.1, -0.05) is 36.4 Å². The van der Waals surface area contributed by atoms with Crippen LogP contribution in [-0.4, -0.2) is 12.7 Å². The van der Waals surface area contributed by atoms with Crippen LogP contribution in [0, 0.1) is 0 Å². The number of anilines is 1. The van der Waals surface area contributed by atoms with Gasteiger partial charge in [0.15, 0.2) is 0 Å². The van der Waals surface area contributed by atoms with E-state index < -0.39 is 0 Å². The Morgan fingerprint density at radius 2 is 1.96 bits per heavy atom. The van der Waals surface area contributed by atoms with Gasteiger partial charge in [-0.3, -0.25) is 0 Å². The van der Waals surface area contributed by atoms with E-state index in [-0.39, 0.29) is 0 Å². The maximum Gasteiger partial charge on any atom is 0.135 e. The highest BCUT2D eigenvalue weighted by molar-refractivity contribution is 7.97. The fraction of sp³-hybridized carbons (Fsp3) is 0.200. The Hall–Kier alpha value is -2.17. The zero-order chi connectivity index (χ0) is 15.9. The van der Waals surface area contributed by atoms with Crippen LogP contribution in [0.5, 0.6) is 11.5 Å². The first-order chi connectivity index (χ1) is 11.9. The first-order valence-electron chi connectivity index (χ1n) is 8.37. The van der Waals surface area contributed by atoms with E-state index in [1.54, 1.807) is 11.9 Å². The Bertz CT molecular complexity index is 906. The van der Waals surface area contributed by atoms with Crippen LogP contribution in [0.1, 0.15) is 12.8 Å². The summed E-state index contributed by atoms with van der Waals surface area (Å²) in [6.45, 7) is 1.13. The average molecular weight is 334 g/mol. The molecule has 3 nitrogen and oxygen atoms in total. The van der Waals surface area contributed by atoms with E-state index in [0.717, 1.165) is 23.4 Å². The number of rotatable bonds is 2. The number of fused-ring (bicyclic) bond motifs is 4. The molecule has 3 aromatic rings. The summed E-state index contributed by atoms with van der Waals surface area (Å²) in [7, 11) is 0. The van der Waals surface area contributed by atoms with Crippen molar-refractivity contribution in [2.45, 2.75) is 23.9 Å². The molecule has 0 bridgehead atoms. The topological polar surface area (TPSA) is 24.5 Å². The first kappa shape index (κ1) is 14.2. The second kappa shape index (κ2) is 5.72. The molecule has 0 amide bonds. The minimum Gasteiger partial charge on any atom is -0.457 e. The minimum atomic E-state index is 0.479. The van der Waals surface area contributed by atoms with Crippen LogP contribution < -0.4 is 14.4 Å². The predicted molar refractivity (Wildman–Crippen MR) is 99.8 cm³/mol. The highest BCUT2D eigenvalue weighted by atomic mass is 32.2. The van der Waals surface area contributed by atoms with Gasteiger partial charge in [-0.05, 0) is 54.4 Å². The van der Waals surface area contributed by atoms with Gasteiger partial charge in [0.2, 0.25) is 0 Å². The second-order valence-corrected chi connectivity index (χ2v) is 7.16. The molecular weight excluding hydrogens is 316 g/mol.